The Morgan fingerprint density at radius 2 is 1.93 bits per heavy atom. The molecule has 2 heterocycles. The van der Waals surface area contributed by atoms with Gasteiger partial charge in [-0.25, -0.2) is 4.98 Å². The molecule has 2 aromatic carbocycles. The maximum Gasteiger partial charge on any atom is 0.135 e. The van der Waals surface area contributed by atoms with Crippen LogP contribution in [0.2, 0.25) is 5.02 Å². The summed E-state index contributed by atoms with van der Waals surface area (Å²) in [5.74, 6) is 0. The second-order valence-electron chi connectivity index (χ2n) is 6.49. The first-order valence-corrected chi connectivity index (χ1v) is 10.0. The number of halogens is 1. The van der Waals surface area contributed by atoms with Crippen molar-refractivity contribution in [2.24, 2.45) is 0 Å². The number of aromatic nitrogens is 3. The van der Waals surface area contributed by atoms with Crippen LogP contribution in [-0.4, -0.2) is 14.8 Å². The van der Waals surface area contributed by atoms with Gasteiger partial charge in [-0.05, 0) is 43.7 Å². The number of nitrogens with zero attached hydrogens (tertiary/aromatic N) is 4. The lowest BCUT2D eigenvalue weighted by Crippen LogP contribution is -2.04. The van der Waals surface area contributed by atoms with Gasteiger partial charge in [0.05, 0.1) is 28.0 Å². The zero-order valence-corrected chi connectivity index (χ0v) is 17.1. The highest BCUT2D eigenvalue weighted by atomic mass is 35.5. The molecule has 0 unspecified atom stereocenters. The van der Waals surface area contributed by atoms with Crippen LogP contribution in [0.3, 0.4) is 0 Å². The molecule has 0 atom stereocenters. The molecule has 0 aliphatic carbocycles. The van der Waals surface area contributed by atoms with Crippen molar-refractivity contribution in [3.05, 3.63) is 81.1 Å². The lowest BCUT2D eigenvalue weighted by atomic mass is 10.1. The smallest absolute Gasteiger partial charge is 0.135 e. The van der Waals surface area contributed by atoms with Crippen molar-refractivity contribution in [2.75, 3.05) is 0 Å². The number of fused-ring (bicyclic) bond motifs is 1. The predicted octanol–water partition coefficient (Wildman–Crippen LogP) is 5.88. The largest absolute Gasteiger partial charge is 0.265 e. The molecule has 0 fully saturated rings. The van der Waals surface area contributed by atoms with Gasteiger partial charge >= 0.3 is 0 Å². The third-order valence-electron chi connectivity index (χ3n) is 4.65. The molecular weight excluding hydrogens is 388 g/mol. The minimum absolute atomic E-state index is 0.546. The molecule has 0 saturated carbocycles. The first-order chi connectivity index (χ1) is 13.6. The maximum atomic E-state index is 9.73. The van der Waals surface area contributed by atoms with Crippen molar-refractivity contribution in [2.45, 2.75) is 20.4 Å². The third-order valence-corrected chi connectivity index (χ3v) is 6.09. The van der Waals surface area contributed by atoms with Gasteiger partial charge in [-0.2, -0.15) is 10.4 Å². The van der Waals surface area contributed by atoms with Crippen LogP contribution in [0.5, 0.6) is 0 Å². The molecule has 0 saturated heterocycles. The van der Waals surface area contributed by atoms with Crippen molar-refractivity contribution >= 4 is 44.8 Å². The van der Waals surface area contributed by atoms with E-state index >= 15 is 0 Å². The van der Waals surface area contributed by atoms with Crippen LogP contribution in [-0.2, 0) is 6.54 Å². The van der Waals surface area contributed by atoms with Crippen LogP contribution < -0.4 is 0 Å². The summed E-state index contributed by atoms with van der Waals surface area (Å²) >= 11 is 7.82. The van der Waals surface area contributed by atoms with Crippen molar-refractivity contribution in [1.29, 1.82) is 5.26 Å². The average molecular weight is 405 g/mol. The van der Waals surface area contributed by atoms with Crippen LogP contribution >= 0.6 is 22.9 Å². The summed E-state index contributed by atoms with van der Waals surface area (Å²) < 4.78 is 3.00. The predicted molar refractivity (Wildman–Crippen MR) is 115 cm³/mol. The molecule has 0 spiro atoms. The summed E-state index contributed by atoms with van der Waals surface area (Å²) in [7, 11) is 0. The molecule has 138 valence electrons. The number of nitriles is 1. The van der Waals surface area contributed by atoms with E-state index < -0.39 is 0 Å². The molecule has 6 heteroatoms. The van der Waals surface area contributed by atoms with E-state index in [9.17, 15) is 5.26 Å². The molecule has 4 nitrogen and oxygen atoms in total. The Balaban J connectivity index is 1.73. The molecule has 0 bridgehead atoms. The van der Waals surface area contributed by atoms with Gasteiger partial charge in [-0.3, -0.25) is 4.68 Å². The normalized spacial score (nSPS) is 11.7. The van der Waals surface area contributed by atoms with Crippen molar-refractivity contribution in [3.8, 4) is 6.07 Å². The molecule has 2 aromatic heterocycles. The average Bonchev–Trinajstić information content (AvgIpc) is 3.23. The number of rotatable bonds is 4. The molecular formula is C22H17ClN4S. The van der Waals surface area contributed by atoms with E-state index in [0.717, 1.165) is 42.8 Å². The SMILES string of the molecule is Cc1nn(Cc2ccccc2Cl)c(C)c1/C=C(\C#N)c1nc2ccccc2s1. The fourth-order valence-electron chi connectivity index (χ4n) is 3.14. The van der Waals surface area contributed by atoms with Gasteiger partial charge in [0.15, 0.2) is 0 Å². The fourth-order valence-corrected chi connectivity index (χ4v) is 4.26. The topological polar surface area (TPSA) is 54.5 Å². The Morgan fingerprint density at radius 3 is 2.68 bits per heavy atom. The highest BCUT2D eigenvalue weighted by Crippen LogP contribution is 2.29. The Hall–Kier alpha value is -2.94. The standard InChI is InChI=1S/C22H17ClN4S/c1-14-18(15(2)27(26-14)13-16-7-3-4-8-19(16)23)11-17(12-24)22-25-20-9-5-6-10-21(20)28-22/h3-11H,13H2,1-2H3/b17-11+. The van der Waals surface area contributed by atoms with Gasteiger partial charge in [0.1, 0.15) is 11.1 Å². The number of benzene rings is 2. The van der Waals surface area contributed by atoms with Crippen molar-refractivity contribution < 1.29 is 0 Å². The minimum Gasteiger partial charge on any atom is -0.265 e. The molecule has 0 amide bonds. The minimum atomic E-state index is 0.546. The molecule has 0 aliphatic rings. The molecule has 0 aliphatic heterocycles. The zero-order chi connectivity index (χ0) is 19.7. The molecule has 0 N–H and O–H groups in total. The van der Waals surface area contributed by atoms with E-state index in [1.54, 1.807) is 0 Å². The Kier molecular flexibility index (Phi) is 4.99. The second-order valence-corrected chi connectivity index (χ2v) is 7.93. The summed E-state index contributed by atoms with van der Waals surface area (Å²) in [6.45, 7) is 4.55. The van der Waals surface area contributed by atoms with E-state index in [0.29, 0.717) is 12.1 Å². The highest BCUT2D eigenvalue weighted by molar-refractivity contribution is 7.19. The first kappa shape index (κ1) is 18.4. The van der Waals surface area contributed by atoms with Crippen molar-refractivity contribution in [1.82, 2.24) is 14.8 Å². The molecule has 4 aromatic rings. The van der Waals surface area contributed by atoms with Gasteiger partial charge in [-0.1, -0.05) is 41.9 Å². The molecule has 4 rings (SSSR count). The number of hydrogen-bond donors (Lipinski definition) is 0. The van der Waals surface area contributed by atoms with Crippen LogP contribution in [0.4, 0.5) is 0 Å². The first-order valence-electron chi connectivity index (χ1n) is 8.82. The van der Waals surface area contributed by atoms with Crippen molar-refractivity contribution in [3.63, 3.8) is 0 Å². The number of hydrogen-bond acceptors (Lipinski definition) is 4. The van der Waals surface area contributed by atoms with E-state index in [4.69, 9.17) is 11.6 Å². The fraction of sp³-hybridized carbons (Fsp3) is 0.136. The third kappa shape index (κ3) is 3.45. The van der Waals surface area contributed by atoms with E-state index in [1.807, 2.05) is 73.1 Å². The van der Waals surface area contributed by atoms with Gasteiger partial charge in [0.2, 0.25) is 0 Å². The van der Waals surface area contributed by atoms with E-state index in [1.165, 1.54) is 11.3 Å². The summed E-state index contributed by atoms with van der Waals surface area (Å²) in [6.07, 6.45) is 1.89. The van der Waals surface area contributed by atoms with Crippen LogP contribution in [0.15, 0.2) is 48.5 Å². The number of allylic oxidation sites excluding steroid dienone is 1. The highest BCUT2D eigenvalue weighted by Gasteiger charge is 2.14. The quantitative estimate of drug-likeness (QED) is 0.399. The summed E-state index contributed by atoms with van der Waals surface area (Å²) in [5, 5.41) is 15.8. The van der Waals surface area contributed by atoms with E-state index in [2.05, 4.69) is 16.2 Å². The summed E-state index contributed by atoms with van der Waals surface area (Å²) in [5.41, 5.74) is 5.28. The Morgan fingerprint density at radius 1 is 1.18 bits per heavy atom. The second kappa shape index (κ2) is 7.59. The monoisotopic (exact) mass is 404 g/mol. The number of aryl methyl sites for hydroxylation is 1. The maximum absolute atomic E-state index is 9.73. The van der Waals surface area contributed by atoms with Crippen LogP contribution in [0.1, 0.15) is 27.5 Å². The van der Waals surface area contributed by atoms with Gasteiger partial charge in [0.25, 0.3) is 0 Å². The van der Waals surface area contributed by atoms with Crippen LogP contribution in [0.25, 0.3) is 21.9 Å². The molecule has 28 heavy (non-hydrogen) atoms. The van der Waals surface area contributed by atoms with E-state index in [-0.39, 0.29) is 0 Å². The Labute approximate surface area is 172 Å². The van der Waals surface area contributed by atoms with Gasteiger partial charge < -0.3 is 0 Å². The van der Waals surface area contributed by atoms with Gasteiger partial charge in [0, 0.05) is 16.3 Å². The summed E-state index contributed by atoms with van der Waals surface area (Å²) in [4.78, 5) is 4.61. The Bertz CT molecular complexity index is 1210. The zero-order valence-electron chi connectivity index (χ0n) is 15.5. The van der Waals surface area contributed by atoms with Gasteiger partial charge in [-0.15, -0.1) is 11.3 Å². The summed E-state index contributed by atoms with van der Waals surface area (Å²) in [6, 6.07) is 18.0. The molecule has 0 radical (unpaired) electrons. The number of thiazole rings is 1. The lowest BCUT2D eigenvalue weighted by molar-refractivity contribution is 0.659. The number of para-hydroxylation sites is 1. The lowest BCUT2D eigenvalue weighted by Gasteiger charge is -2.06. The van der Waals surface area contributed by atoms with Crippen LogP contribution in [0, 0.1) is 25.2 Å².